The Balaban J connectivity index is 1.42. The van der Waals surface area contributed by atoms with Gasteiger partial charge in [0.2, 0.25) is 11.8 Å². The van der Waals surface area contributed by atoms with E-state index in [4.69, 9.17) is 0 Å². The van der Waals surface area contributed by atoms with Gasteiger partial charge in [-0.25, -0.2) is 0 Å². The van der Waals surface area contributed by atoms with Gasteiger partial charge in [0.15, 0.2) is 0 Å². The SMILES string of the molecule is CC12CCC(=O)N1C(C(=O)NCC1(N3CCCCC3)CCCCC1)CS2. The number of fused-ring (bicyclic) bond motifs is 1. The van der Waals surface area contributed by atoms with E-state index in [9.17, 15) is 9.59 Å². The van der Waals surface area contributed by atoms with Crippen molar-refractivity contribution in [2.75, 3.05) is 25.4 Å². The van der Waals surface area contributed by atoms with E-state index in [1.807, 2.05) is 4.90 Å². The molecular weight excluding hydrogens is 346 g/mol. The van der Waals surface area contributed by atoms with E-state index in [-0.39, 0.29) is 28.3 Å². The van der Waals surface area contributed by atoms with Gasteiger partial charge < -0.3 is 10.2 Å². The van der Waals surface area contributed by atoms with E-state index in [2.05, 4.69) is 17.1 Å². The second-order valence-electron chi connectivity index (χ2n) is 8.82. The van der Waals surface area contributed by atoms with Gasteiger partial charge in [-0.3, -0.25) is 14.5 Å². The lowest BCUT2D eigenvalue weighted by Gasteiger charge is -2.48. The van der Waals surface area contributed by atoms with Crippen LogP contribution in [-0.4, -0.2) is 63.5 Å². The van der Waals surface area contributed by atoms with E-state index in [0.29, 0.717) is 6.42 Å². The minimum Gasteiger partial charge on any atom is -0.352 e. The average molecular weight is 380 g/mol. The van der Waals surface area contributed by atoms with Crippen LogP contribution < -0.4 is 5.32 Å². The molecule has 0 aromatic carbocycles. The largest absolute Gasteiger partial charge is 0.352 e. The Bertz CT molecular complexity index is 557. The monoisotopic (exact) mass is 379 g/mol. The summed E-state index contributed by atoms with van der Waals surface area (Å²) in [7, 11) is 0. The summed E-state index contributed by atoms with van der Waals surface area (Å²) in [6.45, 7) is 5.23. The van der Waals surface area contributed by atoms with Gasteiger partial charge in [0.1, 0.15) is 6.04 Å². The van der Waals surface area contributed by atoms with Crippen molar-refractivity contribution in [2.45, 2.75) is 87.6 Å². The van der Waals surface area contributed by atoms with Gasteiger partial charge in [-0.05, 0) is 52.1 Å². The number of carbonyl (C=O) groups excluding carboxylic acids is 2. The van der Waals surface area contributed by atoms with Crippen LogP contribution in [0, 0.1) is 0 Å². The summed E-state index contributed by atoms with van der Waals surface area (Å²) in [6.07, 6.45) is 11.6. The van der Waals surface area contributed by atoms with Crippen LogP contribution in [0.3, 0.4) is 0 Å². The zero-order chi connectivity index (χ0) is 18.2. The Hall–Kier alpha value is -0.750. The van der Waals surface area contributed by atoms with E-state index in [0.717, 1.165) is 18.7 Å². The molecule has 0 spiro atoms. The van der Waals surface area contributed by atoms with E-state index < -0.39 is 0 Å². The Labute approximate surface area is 161 Å². The molecule has 2 atom stereocenters. The maximum Gasteiger partial charge on any atom is 0.243 e. The molecule has 0 bridgehead atoms. The summed E-state index contributed by atoms with van der Waals surface area (Å²) in [5, 5.41) is 3.30. The quantitative estimate of drug-likeness (QED) is 0.816. The first-order chi connectivity index (χ1) is 12.5. The molecule has 0 aromatic rings. The van der Waals surface area contributed by atoms with Crippen molar-refractivity contribution in [3.63, 3.8) is 0 Å². The van der Waals surface area contributed by atoms with Crippen LogP contribution in [0.2, 0.25) is 0 Å². The molecule has 1 N–H and O–H groups in total. The smallest absolute Gasteiger partial charge is 0.243 e. The minimum absolute atomic E-state index is 0.0680. The number of likely N-dealkylation sites (tertiary alicyclic amines) is 1. The number of piperidine rings is 1. The second kappa shape index (κ2) is 7.34. The highest BCUT2D eigenvalue weighted by Gasteiger charge is 2.53. The molecule has 1 saturated carbocycles. The fourth-order valence-corrected chi connectivity index (χ4v) is 7.00. The molecular formula is C20H33N3O2S. The van der Waals surface area contributed by atoms with Crippen molar-refractivity contribution in [2.24, 2.45) is 0 Å². The van der Waals surface area contributed by atoms with Crippen molar-refractivity contribution in [3.05, 3.63) is 0 Å². The second-order valence-corrected chi connectivity index (χ2v) is 10.3. The molecule has 2 amide bonds. The molecule has 26 heavy (non-hydrogen) atoms. The van der Waals surface area contributed by atoms with E-state index >= 15 is 0 Å². The Morgan fingerprint density at radius 1 is 1.12 bits per heavy atom. The molecule has 3 heterocycles. The predicted molar refractivity (Wildman–Crippen MR) is 105 cm³/mol. The number of rotatable bonds is 4. The highest BCUT2D eigenvalue weighted by molar-refractivity contribution is 8.01. The summed E-state index contributed by atoms with van der Waals surface area (Å²) in [4.78, 5) is 29.7. The predicted octanol–water partition coefficient (Wildman–Crippen LogP) is 2.75. The Morgan fingerprint density at radius 3 is 2.54 bits per heavy atom. The number of amides is 2. The van der Waals surface area contributed by atoms with Gasteiger partial charge in [0, 0.05) is 24.3 Å². The van der Waals surface area contributed by atoms with Crippen LogP contribution in [0.1, 0.15) is 71.1 Å². The highest BCUT2D eigenvalue weighted by Crippen LogP contribution is 2.47. The van der Waals surface area contributed by atoms with Crippen LogP contribution in [0.5, 0.6) is 0 Å². The van der Waals surface area contributed by atoms with Gasteiger partial charge in [0.25, 0.3) is 0 Å². The summed E-state index contributed by atoms with van der Waals surface area (Å²) in [5.41, 5.74) is 0.151. The van der Waals surface area contributed by atoms with Crippen molar-refractivity contribution in [1.82, 2.24) is 15.1 Å². The van der Waals surface area contributed by atoms with Gasteiger partial charge in [-0.2, -0.15) is 0 Å². The average Bonchev–Trinajstić information content (AvgIpc) is 3.17. The first-order valence-electron chi connectivity index (χ1n) is 10.5. The maximum absolute atomic E-state index is 13.0. The summed E-state index contributed by atoms with van der Waals surface area (Å²) >= 11 is 1.78. The molecule has 2 unspecified atom stereocenters. The summed E-state index contributed by atoms with van der Waals surface area (Å²) in [5.74, 6) is 0.963. The molecule has 6 heteroatoms. The Kier molecular flexibility index (Phi) is 5.26. The first-order valence-corrected chi connectivity index (χ1v) is 11.5. The number of hydrogen-bond donors (Lipinski definition) is 1. The third kappa shape index (κ3) is 3.28. The number of nitrogens with zero attached hydrogens (tertiary/aromatic N) is 2. The molecule has 1 aliphatic carbocycles. The molecule has 146 valence electrons. The lowest BCUT2D eigenvalue weighted by atomic mass is 9.79. The molecule has 3 aliphatic heterocycles. The topological polar surface area (TPSA) is 52.7 Å². The normalized spacial score (nSPS) is 34.7. The maximum atomic E-state index is 13.0. The zero-order valence-corrected chi connectivity index (χ0v) is 16.9. The van der Waals surface area contributed by atoms with E-state index in [1.165, 1.54) is 64.5 Å². The van der Waals surface area contributed by atoms with Crippen molar-refractivity contribution in [1.29, 1.82) is 0 Å². The van der Waals surface area contributed by atoms with E-state index in [1.54, 1.807) is 11.8 Å². The van der Waals surface area contributed by atoms with Gasteiger partial charge in [-0.1, -0.05) is 25.7 Å². The van der Waals surface area contributed by atoms with Crippen LogP contribution in [0.4, 0.5) is 0 Å². The fraction of sp³-hybridized carbons (Fsp3) is 0.900. The Morgan fingerprint density at radius 2 is 1.81 bits per heavy atom. The van der Waals surface area contributed by atoms with Crippen molar-refractivity contribution < 1.29 is 9.59 Å². The molecule has 0 radical (unpaired) electrons. The standard InChI is InChI=1S/C20H33N3O2S/c1-19-11-8-17(24)23(19)16(14-26-19)18(25)21-15-20(9-4-2-5-10-20)22-12-6-3-7-13-22/h16H,2-15H2,1H3,(H,21,25). The van der Waals surface area contributed by atoms with Gasteiger partial charge >= 0.3 is 0 Å². The van der Waals surface area contributed by atoms with Crippen molar-refractivity contribution >= 4 is 23.6 Å². The molecule has 0 aromatic heterocycles. The number of thioether (sulfide) groups is 1. The number of nitrogens with one attached hydrogen (secondary N) is 1. The lowest BCUT2D eigenvalue weighted by Crippen LogP contribution is -2.60. The molecule has 4 aliphatic rings. The third-order valence-corrected chi connectivity index (χ3v) is 8.66. The fourth-order valence-electron chi connectivity index (χ4n) is 5.57. The summed E-state index contributed by atoms with van der Waals surface area (Å²) < 4.78 is 0. The summed E-state index contributed by atoms with van der Waals surface area (Å²) in [6, 6.07) is -0.276. The van der Waals surface area contributed by atoms with Crippen LogP contribution in [-0.2, 0) is 9.59 Å². The van der Waals surface area contributed by atoms with Crippen LogP contribution >= 0.6 is 11.8 Å². The highest BCUT2D eigenvalue weighted by atomic mass is 32.2. The number of hydrogen-bond acceptors (Lipinski definition) is 4. The molecule has 4 rings (SSSR count). The third-order valence-electron chi connectivity index (χ3n) is 7.15. The minimum atomic E-state index is -0.276. The molecule has 5 nitrogen and oxygen atoms in total. The zero-order valence-electron chi connectivity index (χ0n) is 16.1. The number of carbonyl (C=O) groups is 2. The van der Waals surface area contributed by atoms with Crippen molar-refractivity contribution in [3.8, 4) is 0 Å². The van der Waals surface area contributed by atoms with Crippen LogP contribution in [0.25, 0.3) is 0 Å². The van der Waals surface area contributed by atoms with Gasteiger partial charge in [-0.15, -0.1) is 11.8 Å². The van der Waals surface area contributed by atoms with Gasteiger partial charge in [0.05, 0.1) is 4.87 Å². The molecule has 4 fully saturated rings. The first kappa shape index (κ1) is 18.6. The lowest BCUT2D eigenvalue weighted by molar-refractivity contribution is -0.138. The molecule has 3 saturated heterocycles. The van der Waals surface area contributed by atoms with Crippen LogP contribution in [0.15, 0.2) is 0 Å².